The molecule has 5 atom stereocenters. The Morgan fingerprint density at radius 1 is 1.28 bits per heavy atom. The zero-order valence-corrected chi connectivity index (χ0v) is 16.7. The SMILES string of the molecule is C=C(COC(C)=O)C(=O)OC1C(O)C(C)=CCC(O)C(C)=CC2OC(=O)C(=C)C21. The lowest BCUT2D eigenvalue weighted by Gasteiger charge is -2.31. The molecule has 1 aliphatic heterocycles. The maximum Gasteiger partial charge on any atom is 0.337 e. The largest absolute Gasteiger partial charge is 0.461 e. The third-order valence-electron chi connectivity index (χ3n) is 4.99. The molecule has 8 nitrogen and oxygen atoms in total. The Labute approximate surface area is 169 Å². The number of rotatable bonds is 4. The first kappa shape index (κ1) is 22.6. The minimum Gasteiger partial charge on any atom is -0.461 e. The Hall–Kier alpha value is -2.71. The molecule has 5 unspecified atom stereocenters. The van der Waals surface area contributed by atoms with Crippen molar-refractivity contribution in [2.75, 3.05) is 6.61 Å². The summed E-state index contributed by atoms with van der Waals surface area (Å²) < 4.78 is 15.6. The first-order valence-corrected chi connectivity index (χ1v) is 9.16. The number of esters is 3. The van der Waals surface area contributed by atoms with E-state index in [4.69, 9.17) is 14.2 Å². The molecule has 158 valence electrons. The predicted molar refractivity (Wildman–Crippen MR) is 102 cm³/mol. The third-order valence-corrected chi connectivity index (χ3v) is 4.99. The van der Waals surface area contributed by atoms with Crippen molar-refractivity contribution in [2.45, 2.75) is 51.6 Å². The van der Waals surface area contributed by atoms with Crippen LogP contribution in [0.1, 0.15) is 27.2 Å². The first-order chi connectivity index (χ1) is 13.5. The van der Waals surface area contributed by atoms with Gasteiger partial charge in [-0.2, -0.15) is 0 Å². The van der Waals surface area contributed by atoms with E-state index in [0.717, 1.165) is 0 Å². The molecular weight excluding hydrogens is 380 g/mol. The molecule has 29 heavy (non-hydrogen) atoms. The second-order valence-corrected chi connectivity index (χ2v) is 7.23. The van der Waals surface area contributed by atoms with Gasteiger partial charge in [0.15, 0.2) is 0 Å². The molecule has 2 aliphatic rings. The van der Waals surface area contributed by atoms with E-state index >= 15 is 0 Å². The second kappa shape index (κ2) is 9.19. The maximum atomic E-state index is 12.5. The highest BCUT2D eigenvalue weighted by atomic mass is 16.6. The van der Waals surface area contributed by atoms with Gasteiger partial charge >= 0.3 is 17.9 Å². The normalized spacial score (nSPS) is 29.8. The van der Waals surface area contributed by atoms with Crippen LogP contribution in [0.5, 0.6) is 0 Å². The van der Waals surface area contributed by atoms with E-state index in [9.17, 15) is 24.6 Å². The van der Waals surface area contributed by atoms with Gasteiger partial charge in [0.25, 0.3) is 0 Å². The van der Waals surface area contributed by atoms with Crippen molar-refractivity contribution in [1.29, 1.82) is 0 Å². The van der Waals surface area contributed by atoms with E-state index in [1.165, 1.54) is 6.92 Å². The van der Waals surface area contributed by atoms with Gasteiger partial charge < -0.3 is 24.4 Å². The molecule has 2 N–H and O–H groups in total. The quantitative estimate of drug-likeness (QED) is 0.309. The smallest absolute Gasteiger partial charge is 0.337 e. The van der Waals surface area contributed by atoms with Crippen LogP contribution in [0.2, 0.25) is 0 Å². The number of hydrogen-bond acceptors (Lipinski definition) is 8. The molecule has 0 aromatic rings. The predicted octanol–water partition coefficient (Wildman–Crippen LogP) is 1.13. The van der Waals surface area contributed by atoms with Crippen molar-refractivity contribution in [2.24, 2.45) is 5.92 Å². The molecule has 0 saturated carbocycles. The number of fused-ring (bicyclic) bond motifs is 1. The Morgan fingerprint density at radius 3 is 2.55 bits per heavy atom. The van der Waals surface area contributed by atoms with Crippen LogP contribution < -0.4 is 0 Å². The summed E-state index contributed by atoms with van der Waals surface area (Å²) in [5.41, 5.74) is 0.949. The molecule has 0 aromatic heterocycles. The molecule has 0 spiro atoms. The molecule has 1 fully saturated rings. The number of aliphatic hydroxyl groups excluding tert-OH is 2. The molecule has 1 aliphatic carbocycles. The zero-order valence-electron chi connectivity index (χ0n) is 16.7. The number of carbonyl (C=O) groups is 3. The molecule has 8 heteroatoms. The van der Waals surface area contributed by atoms with Crippen LogP contribution in [0.4, 0.5) is 0 Å². The van der Waals surface area contributed by atoms with E-state index in [-0.39, 0.29) is 24.2 Å². The monoisotopic (exact) mass is 406 g/mol. The number of aliphatic hydroxyl groups is 2. The maximum absolute atomic E-state index is 12.5. The Bertz CT molecular complexity index is 791. The Morgan fingerprint density at radius 2 is 1.93 bits per heavy atom. The summed E-state index contributed by atoms with van der Waals surface area (Å²) in [5, 5.41) is 21.1. The molecule has 2 rings (SSSR count). The van der Waals surface area contributed by atoms with Gasteiger partial charge in [-0.25, -0.2) is 9.59 Å². The fourth-order valence-electron chi connectivity index (χ4n) is 3.15. The summed E-state index contributed by atoms with van der Waals surface area (Å²) in [4.78, 5) is 35.5. The molecule has 0 bridgehead atoms. The van der Waals surface area contributed by atoms with Crippen molar-refractivity contribution >= 4 is 17.9 Å². The number of ether oxygens (including phenoxy) is 3. The summed E-state index contributed by atoms with van der Waals surface area (Å²) in [6, 6.07) is 0. The van der Waals surface area contributed by atoms with Gasteiger partial charge in [0.2, 0.25) is 0 Å². The van der Waals surface area contributed by atoms with Crippen molar-refractivity contribution in [3.8, 4) is 0 Å². The zero-order chi connectivity index (χ0) is 21.9. The van der Waals surface area contributed by atoms with Gasteiger partial charge in [-0.1, -0.05) is 19.2 Å². The van der Waals surface area contributed by atoms with Crippen molar-refractivity contribution in [1.82, 2.24) is 0 Å². The summed E-state index contributed by atoms with van der Waals surface area (Å²) in [7, 11) is 0. The fourth-order valence-corrected chi connectivity index (χ4v) is 3.15. The highest BCUT2D eigenvalue weighted by molar-refractivity contribution is 5.92. The molecule has 0 radical (unpaired) electrons. The van der Waals surface area contributed by atoms with Gasteiger partial charge in [-0.05, 0) is 37.5 Å². The van der Waals surface area contributed by atoms with Gasteiger partial charge in [0, 0.05) is 12.5 Å². The molecule has 0 aromatic carbocycles. The van der Waals surface area contributed by atoms with Gasteiger partial charge in [0.05, 0.1) is 17.6 Å². The van der Waals surface area contributed by atoms with Gasteiger partial charge in [-0.3, -0.25) is 4.79 Å². The summed E-state index contributed by atoms with van der Waals surface area (Å²) in [6.45, 7) is 11.4. The van der Waals surface area contributed by atoms with Gasteiger partial charge in [0.1, 0.15) is 24.9 Å². The van der Waals surface area contributed by atoms with Crippen molar-refractivity contribution in [3.63, 3.8) is 0 Å². The lowest BCUT2D eigenvalue weighted by molar-refractivity contribution is -0.154. The lowest BCUT2D eigenvalue weighted by atomic mass is 9.83. The van der Waals surface area contributed by atoms with Crippen LogP contribution in [-0.4, -0.2) is 59.1 Å². The first-order valence-electron chi connectivity index (χ1n) is 9.16. The second-order valence-electron chi connectivity index (χ2n) is 7.23. The number of carbonyl (C=O) groups excluding carboxylic acids is 3. The van der Waals surface area contributed by atoms with E-state index < -0.39 is 48.2 Å². The average molecular weight is 406 g/mol. The molecule has 1 heterocycles. The van der Waals surface area contributed by atoms with Gasteiger partial charge in [-0.15, -0.1) is 0 Å². The fraction of sp³-hybridized carbons (Fsp3) is 0.476. The topological polar surface area (TPSA) is 119 Å². The Balaban J connectivity index is 2.38. The van der Waals surface area contributed by atoms with E-state index in [0.29, 0.717) is 11.1 Å². The van der Waals surface area contributed by atoms with E-state index in [2.05, 4.69) is 13.2 Å². The van der Waals surface area contributed by atoms with E-state index in [1.54, 1.807) is 26.0 Å². The lowest BCUT2D eigenvalue weighted by Crippen LogP contribution is -2.43. The summed E-state index contributed by atoms with van der Waals surface area (Å²) >= 11 is 0. The standard InChI is InChI=1S/C21H26O8/c1-10-6-7-15(23)11(2)8-16-17(13(4)21(26)28-16)19(18(10)24)29-20(25)12(3)9-27-14(5)22/h6,8,15-19,23-24H,3-4,7,9H2,1-2,5H3. The van der Waals surface area contributed by atoms with Crippen LogP contribution in [0.15, 0.2) is 47.6 Å². The minimum absolute atomic E-state index is 0.0457. The van der Waals surface area contributed by atoms with Crippen LogP contribution in [0, 0.1) is 5.92 Å². The van der Waals surface area contributed by atoms with Crippen molar-refractivity contribution < 1.29 is 38.8 Å². The third kappa shape index (κ3) is 5.21. The van der Waals surface area contributed by atoms with Crippen LogP contribution in [-0.2, 0) is 28.6 Å². The van der Waals surface area contributed by atoms with Crippen LogP contribution >= 0.6 is 0 Å². The summed E-state index contributed by atoms with van der Waals surface area (Å²) in [5.74, 6) is -3.01. The molecule has 1 saturated heterocycles. The van der Waals surface area contributed by atoms with E-state index in [1.807, 2.05) is 0 Å². The van der Waals surface area contributed by atoms with Crippen LogP contribution in [0.3, 0.4) is 0 Å². The molecule has 0 amide bonds. The molecular formula is C21H26O8. The van der Waals surface area contributed by atoms with Crippen LogP contribution in [0.25, 0.3) is 0 Å². The Kier molecular flexibility index (Phi) is 7.16. The highest BCUT2D eigenvalue weighted by Gasteiger charge is 2.47. The highest BCUT2D eigenvalue weighted by Crippen LogP contribution is 2.36. The van der Waals surface area contributed by atoms with Crippen molar-refractivity contribution in [3.05, 3.63) is 47.6 Å². The summed E-state index contributed by atoms with van der Waals surface area (Å²) in [6.07, 6.45) is -0.715. The number of hydrogen-bond donors (Lipinski definition) is 2. The average Bonchev–Trinajstić information content (AvgIpc) is 2.93. The minimum atomic E-state index is -1.28.